The number of aromatic amines is 1. The third kappa shape index (κ3) is 3.92. The maximum atomic E-state index is 9.55. The molecule has 5 heteroatoms. The maximum absolute atomic E-state index is 9.55. The largest absolute Gasteiger partial charge is 0.490 e. The molecule has 0 spiro atoms. The van der Waals surface area contributed by atoms with Crippen LogP contribution in [0, 0.1) is 18.3 Å². The van der Waals surface area contributed by atoms with Crippen LogP contribution in [0.1, 0.15) is 30.8 Å². The second kappa shape index (κ2) is 7.12. The van der Waals surface area contributed by atoms with Gasteiger partial charge in [0.1, 0.15) is 17.6 Å². The first-order valence-corrected chi connectivity index (χ1v) is 8.80. The molecule has 0 amide bonds. The van der Waals surface area contributed by atoms with Crippen molar-refractivity contribution in [3.05, 3.63) is 57.8 Å². The summed E-state index contributed by atoms with van der Waals surface area (Å²) in [5.74, 6) is 1.35. The number of aryl methyl sites for hydroxylation is 1. The quantitative estimate of drug-likeness (QED) is 0.594. The van der Waals surface area contributed by atoms with Crippen LogP contribution in [0.3, 0.4) is 0 Å². The Hall–Kier alpha value is -2.58. The average molecular weight is 396 g/mol. The van der Waals surface area contributed by atoms with Gasteiger partial charge >= 0.3 is 0 Å². The van der Waals surface area contributed by atoms with Gasteiger partial charge in [-0.25, -0.2) is 4.98 Å². The summed E-state index contributed by atoms with van der Waals surface area (Å²) in [5, 5.41) is 9.55. The molecule has 0 saturated carbocycles. The van der Waals surface area contributed by atoms with Crippen molar-refractivity contribution >= 4 is 38.6 Å². The highest BCUT2D eigenvalue weighted by atomic mass is 79.9. The van der Waals surface area contributed by atoms with Gasteiger partial charge in [0, 0.05) is 0 Å². The van der Waals surface area contributed by atoms with Crippen molar-refractivity contribution in [2.75, 3.05) is 0 Å². The van der Waals surface area contributed by atoms with Crippen LogP contribution in [0.2, 0.25) is 0 Å². The molecule has 0 aliphatic rings. The van der Waals surface area contributed by atoms with E-state index in [0.717, 1.165) is 32.4 Å². The Morgan fingerprint density at radius 1 is 1.28 bits per heavy atom. The van der Waals surface area contributed by atoms with E-state index in [1.54, 1.807) is 0 Å². The predicted molar refractivity (Wildman–Crippen MR) is 104 cm³/mol. The fourth-order valence-electron chi connectivity index (χ4n) is 2.53. The summed E-state index contributed by atoms with van der Waals surface area (Å²) < 4.78 is 6.57. The maximum Gasteiger partial charge on any atom is 0.149 e. The number of benzene rings is 2. The van der Waals surface area contributed by atoms with E-state index in [-0.39, 0.29) is 6.10 Å². The minimum atomic E-state index is 0.103. The molecular formula is C20H18BrN3O. The Bertz CT molecular complexity index is 996. The van der Waals surface area contributed by atoms with Gasteiger partial charge < -0.3 is 9.72 Å². The summed E-state index contributed by atoms with van der Waals surface area (Å²) in [5.41, 5.74) is 4.31. The van der Waals surface area contributed by atoms with E-state index < -0.39 is 0 Å². The topological polar surface area (TPSA) is 61.7 Å². The van der Waals surface area contributed by atoms with Gasteiger partial charge in [-0.1, -0.05) is 12.1 Å². The number of hydrogen-bond acceptors (Lipinski definition) is 3. The van der Waals surface area contributed by atoms with E-state index in [0.29, 0.717) is 11.4 Å². The lowest BCUT2D eigenvalue weighted by molar-refractivity contribution is 0.241. The molecule has 0 fully saturated rings. The standard InChI is InChI=1S/C20H18BrN3O/c1-12(2)25-19-7-5-14(10-16(19)21)9-15(11-22)20-23-17-6-4-13(3)8-18(17)24-20/h4-10,12H,1-3H3,(H,23,24)/b15-9-. The minimum absolute atomic E-state index is 0.103. The van der Waals surface area contributed by atoms with Crippen molar-refractivity contribution in [3.8, 4) is 11.8 Å². The van der Waals surface area contributed by atoms with Crippen LogP contribution in [-0.4, -0.2) is 16.1 Å². The number of rotatable bonds is 4. The van der Waals surface area contributed by atoms with Crippen molar-refractivity contribution < 1.29 is 4.74 Å². The third-order valence-electron chi connectivity index (χ3n) is 3.64. The summed E-state index contributed by atoms with van der Waals surface area (Å²) in [7, 11) is 0. The normalized spacial score (nSPS) is 11.8. The number of imidazole rings is 1. The van der Waals surface area contributed by atoms with Crippen LogP contribution in [0.5, 0.6) is 5.75 Å². The molecule has 1 N–H and O–H groups in total. The molecule has 0 aliphatic carbocycles. The van der Waals surface area contributed by atoms with Gasteiger partial charge in [-0.15, -0.1) is 0 Å². The molecule has 0 saturated heterocycles. The summed E-state index contributed by atoms with van der Waals surface area (Å²) in [6, 6.07) is 14.0. The second-order valence-corrected chi connectivity index (χ2v) is 6.99. The molecule has 0 aliphatic heterocycles. The molecule has 2 aromatic carbocycles. The molecule has 126 valence electrons. The van der Waals surface area contributed by atoms with Crippen LogP contribution in [-0.2, 0) is 0 Å². The predicted octanol–water partition coefficient (Wildman–Crippen LogP) is 5.49. The van der Waals surface area contributed by atoms with Crippen molar-refractivity contribution in [1.29, 1.82) is 5.26 Å². The summed E-state index contributed by atoms with van der Waals surface area (Å²) >= 11 is 3.52. The second-order valence-electron chi connectivity index (χ2n) is 6.13. The summed E-state index contributed by atoms with van der Waals surface area (Å²) in [4.78, 5) is 7.74. The molecule has 1 heterocycles. The van der Waals surface area contributed by atoms with E-state index in [1.165, 1.54) is 0 Å². The number of ether oxygens (including phenoxy) is 1. The Labute approximate surface area is 155 Å². The third-order valence-corrected chi connectivity index (χ3v) is 4.26. The van der Waals surface area contributed by atoms with Crippen molar-refractivity contribution in [2.45, 2.75) is 26.9 Å². The van der Waals surface area contributed by atoms with E-state index in [9.17, 15) is 5.26 Å². The lowest BCUT2D eigenvalue weighted by atomic mass is 10.1. The SMILES string of the molecule is Cc1ccc2nc(/C(C#N)=C\c3ccc(OC(C)C)c(Br)c3)[nH]c2c1. The number of halogens is 1. The summed E-state index contributed by atoms with van der Waals surface area (Å²) in [6.07, 6.45) is 1.92. The van der Waals surface area contributed by atoms with Crippen LogP contribution in [0.25, 0.3) is 22.7 Å². The number of allylic oxidation sites excluding steroid dienone is 1. The number of nitrogens with one attached hydrogen (secondary N) is 1. The molecule has 0 unspecified atom stereocenters. The van der Waals surface area contributed by atoms with Gasteiger partial charge in [0.25, 0.3) is 0 Å². The lowest BCUT2D eigenvalue weighted by Crippen LogP contribution is -2.05. The van der Waals surface area contributed by atoms with Crippen LogP contribution < -0.4 is 4.74 Å². The number of fused-ring (bicyclic) bond motifs is 1. The van der Waals surface area contributed by atoms with Gasteiger partial charge in [0.05, 0.1) is 27.2 Å². The highest BCUT2D eigenvalue weighted by Gasteiger charge is 2.09. The van der Waals surface area contributed by atoms with Crippen molar-refractivity contribution in [2.24, 2.45) is 0 Å². The lowest BCUT2D eigenvalue weighted by Gasteiger charge is -2.11. The molecule has 0 bridgehead atoms. The number of H-pyrrole nitrogens is 1. The first-order valence-electron chi connectivity index (χ1n) is 8.01. The molecule has 0 radical (unpaired) electrons. The van der Waals surface area contributed by atoms with Gasteiger partial charge in [0.2, 0.25) is 0 Å². The van der Waals surface area contributed by atoms with Gasteiger partial charge in [-0.3, -0.25) is 0 Å². The molecular weight excluding hydrogens is 378 g/mol. The zero-order valence-corrected chi connectivity index (χ0v) is 15.9. The molecule has 25 heavy (non-hydrogen) atoms. The first-order chi connectivity index (χ1) is 12.0. The number of nitriles is 1. The average Bonchev–Trinajstić information content (AvgIpc) is 2.97. The molecule has 4 nitrogen and oxygen atoms in total. The summed E-state index contributed by atoms with van der Waals surface area (Å²) in [6.45, 7) is 5.99. The van der Waals surface area contributed by atoms with Gasteiger partial charge in [-0.05, 0) is 78.2 Å². The Morgan fingerprint density at radius 3 is 2.76 bits per heavy atom. The zero-order chi connectivity index (χ0) is 18.0. The zero-order valence-electron chi connectivity index (χ0n) is 14.3. The van der Waals surface area contributed by atoms with E-state index in [4.69, 9.17) is 4.74 Å². The highest BCUT2D eigenvalue weighted by Crippen LogP contribution is 2.28. The van der Waals surface area contributed by atoms with Crippen LogP contribution >= 0.6 is 15.9 Å². The van der Waals surface area contributed by atoms with E-state index >= 15 is 0 Å². The van der Waals surface area contributed by atoms with E-state index in [1.807, 2.05) is 63.2 Å². The van der Waals surface area contributed by atoms with Crippen molar-refractivity contribution in [1.82, 2.24) is 9.97 Å². The fourth-order valence-corrected chi connectivity index (χ4v) is 3.02. The van der Waals surface area contributed by atoms with Crippen LogP contribution in [0.4, 0.5) is 0 Å². The van der Waals surface area contributed by atoms with Gasteiger partial charge in [0.15, 0.2) is 0 Å². The van der Waals surface area contributed by atoms with E-state index in [2.05, 4.69) is 32.0 Å². The molecule has 1 aromatic heterocycles. The molecule has 0 atom stereocenters. The highest BCUT2D eigenvalue weighted by molar-refractivity contribution is 9.10. The number of nitrogens with zero attached hydrogens (tertiary/aromatic N) is 2. The fraction of sp³-hybridized carbons (Fsp3) is 0.200. The smallest absolute Gasteiger partial charge is 0.149 e. The monoisotopic (exact) mass is 395 g/mol. The number of hydrogen-bond donors (Lipinski definition) is 1. The Balaban J connectivity index is 1.97. The molecule has 3 rings (SSSR count). The van der Waals surface area contributed by atoms with Crippen LogP contribution in [0.15, 0.2) is 40.9 Å². The van der Waals surface area contributed by atoms with Gasteiger partial charge in [-0.2, -0.15) is 5.26 Å². The first kappa shape index (κ1) is 17.2. The Kier molecular flexibility index (Phi) is 4.91. The molecule has 3 aromatic rings. The Morgan fingerprint density at radius 2 is 2.08 bits per heavy atom. The van der Waals surface area contributed by atoms with Crippen molar-refractivity contribution in [3.63, 3.8) is 0 Å². The number of aromatic nitrogens is 2. The minimum Gasteiger partial charge on any atom is -0.490 e.